The molecule has 8 heteroatoms. The molecule has 0 atom stereocenters. The number of aromatic nitrogens is 3. The Morgan fingerprint density at radius 2 is 1.89 bits per heavy atom. The maximum Gasteiger partial charge on any atom is 0.433 e. The third kappa shape index (κ3) is 2.84. The molecule has 0 amide bonds. The van der Waals surface area contributed by atoms with E-state index in [1.807, 2.05) is 0 Å². The van der Waals surface area contributed by atoms with Gasteiger partial charge in [-0.05, 0) is 12.1 Å². The Morgan fingerprint density at radius 1 is 1.11 bits per heavy atom. The van der Waals surface area contributed by atoms with Crippen molar-refractivity contribution in [2.75, 3.05) is 11.1 Å². The number of hydrogen-bond acceptors (Lipinski definition) is 5. The van der Waals surface area contributed by atoms with Gasteiger partial charge in [-0.25, -0.2) is 9.97 Å². The van der Waals surface area contributed by atoms with Crippen LogP contribution in [0.2, 0.25) is 0 Å². The predicted octanol–water partition coefficient (Wildman–Crippen LogP) is 2.22. The molecule has 2 aromatic rings. The predicted molar refractivity (Wildman–Crippen MR) is 59.0 cm³/mol. The summed E-state index contributed by atoms with van der Waals surface area (Å²) in [5.41, 5.74) is 4.83. The number of nitrogens with zero attached hydrogens (tertiary/aromatic N) is 3. The van der Waals surface area contributed by atoms with Gasteiger partial charge in [-0.1, -0.05) is 0 Å². The second kappa shape index (κ2) is 4.47. The van der Waals surface area contributed by atoms with Gasteiger partial charge in [-0.2, -0.15) is 13.2 Å². The quantitative estimate of drug-likeness (QED) is 0.860. The van der Waals surface area contributed by atoms with Crippen molar-refractivity contribution < 1.29 is 13.2 Å². The molecule has 0 radical (unpaired) electrons. The molecule has 2 aromatic heterocycles. The lowest BCUT2D eigenvalue weighted by atomic mass is 10.3. The average molecular weight is 255 g/mol. The SMILES string of the molecule is Nc1cncc(Nc2ccc(C(F)(F)F)nc2)n1. The average Bonchev–Trinajstić information content (AvgIpc) is 2.28. The Hall–Kier alpha value is -2.38. The summed E-state index contributed by atoms with van der Waals surface area (Å²) in [6.07, 6.45) is -0.632. The standard InChI is InChI=1S/C10H8F3N5/c11-10(12,13)7-2-1-6(3-16-7)17-9-5-15-4-8(14)18-9/h1-5H,(H3,14,17,18). The van der Waals surface area contributed by atoms with Crippen LogP contribution in [0.15, 0.2) is 30.7 Å². The monoisotopic (exact) mass is 255 g/mol. The van der Waals surface area contributed by atoms with Crippen molar-refractivity contribution in [2.45, 2.75) is 6.18 Å². The van der Waals surface area contributed by atoms with Crippen molar-refractivity contribution in [3.63, 3.8) is 0 Å². The molecule has 3 N–H and O–H groups in total. The van der Waals surface area contributed by atoms with Gasteiger partial charge < -0.3 is 11.1 Å². The second-order valence-corrected chi connectivity index (χ2v) is 3.38. The van der Waals surface area contributed by atoms with Crippen molar-refractivity contribution in [2.24, 2.45) is 0 Å². The molecule has 0 fully saturated rings. The summed E-state index contributed by atoms with van der Waals surface area (Å²) >= 11 is 0. The highest BCUT2D eigenvalue weighted by atomic mass is 19.4. The zero-order valence-corrected chi connectivity index (χ0v) is 8.94. The molecule has 0 aliphatic rings. The number of hydrogen-bond donors (Lipinski definition) is 2. The molecule has 0 unspecified atom stereocenters. The molecule has 0 saturated carbocycles. The number of pyridine rings is 1. The number of halogens is 3. The Bertz CT molecular complexity index is 538. The van der Waals surface area contributed by atoms with Crippen molar-refractivity contribution in [1.29, 1.82) is 0 Å². The first-order chi connectivity index (χ1) is 8.45. The Balaban J connectivity index is 2.16. The first kappa shape index (κ1) is 12.1. The van der Waals surface area contributed by atoms with Gasteiger partial charge in [0.2, 0.25) is 0 Å². The summed E-state index contributed by atoms with van der Waals surface area (Å²) in [6, 6.07) is 2.13. The van der Waals surface area contributed by atoms with Crippen LogP contribution in [-0.4, -0.2) is 15.0 Å². The maximum atomic E-state index is 12.3. The Morgan fingerprint density at radius 3 is 2.44 bits per heavy atom. The number of nitrogens with one attached hydrogen (secondary N) is 1. The molecule has 2 rings (SSSR count). The Kier molecular flexibility index (Phi) is 3.00. The number of nitrogen functional groups attached to an aromatic ring is 1. The van der Waals surface area contributed by atoms with E-state index in [4.69, 9.17) is 5.73 Å². The van der Waals surface area contributed by atoms with Crippen molar-refractivity contribution >= 4 is 17.3 Å². The van der Waals surface area contributed by atoms with Crippen molar-refractivity contribution in [3.05, 3.63) is 36.4 Å². The van der Waals surface area contributed by atoms with Crippen LogP contribution >= 0.6 is 0 Å². The molecular formula is C10H8F3N5. The van der Waals surface area contributed by atoms with Crippen LogP contribution in [0.25, 0.3) is 0 Å². The van der Waals surface area contributed by atoms with Crippen LogP contribution in [0, 0.1) is 0 Å². The molecule has 18 heavy (non-hydrogen) atoms. The largest absolute Gasteiger partial charge is 0.433 e. The molecule has 2 heterocycles. The number of rotatable bonds is 2. The summed E-state index contributed by atoms with van der Waals surface area (Å²) in [4.78, 5) is 11.0. The minimum Gasteiger partial charge on any atom is -0.382 e. The zero-order valence-electron chi connectivity index (χ0n) is 8.94. The van der Waals surface area contributed by atoms with Crippen LogP contribution in [0.3, 0.4) is 0 Å². The van der Waals surface area contributed by atoms with Gasteiger partial charge in [0.15, 0.2) is 5.82 Å². The van der Waals surface area contributed by atoms with Gasteiger partial charge >= 0.3 is 6.18 Å². The highest BCUT2D eigenvalue weighted by molar-refractivity contribution is 5.55. The normalized spacial score (nSPS) is 11.3. The minimum atomic E-state index is -4.45. The van der Waals surface area contributed by atoms with Crippen molar-refractivity contribution in [3.8, 4) is 0 Å². The molecule has 0 bridgehead atoms. The Labute approximate surface area is 99.9 Å². The van der Waals surface area contributed by atoms with Gasteiger partial charge in [-0.15, -0.1) is 0 Å². The summed E-state index contributed by atoms with van der Waals surface area (Å²) < 4.78 is 36.8. The fourth-order valence-corrected chi connectivity index (χ4v) is 1.22. The maximum absolute atomic E-state index is 12.3. The van der Waals surface area contributed by atoms with Gasteiger partial charge in [0.1, 0.15) is 11.5 Å². The first-order valence-corrected chi connectivity index (χ1v) is 4.83. The highest BCUT2D eigenvalue weighted by Gasteiger charge is 2.31. The summed E-state index contributed by atoms with van der Waals surface area (Å²) in [7, 11) is 0. The number of nitrogens with two attached hydrogens (primary N) is 1. The second-order valence-electron chi connectivity index (χ2n) is 3.38. The van der Waals surface area contributed by atoms with Crippen LogP contribution in [0.4, 0.5) is 30.5 Å². The molecule has 0 aliphatic heterocycles. The topological polar surface area (TPSA) is 76.7 Å². The van der Waals surface area contributed by atoms with E-state index in [1.165, 1.54) is 18.5 Å². The molecule has 0 saturated heterocycles. The third-order valence-corrected chi connectivity index (χ3v) is 1.98. The molecule has 0 spiro atoms. The fourth-order valence-electron chi connectivity index (χ4n) is 1.22. The van der Waals surface area contributed by atoms with E-state index in [0.29, 0.717) is 11.5 Å². The lowest BCUT2D eigenvalue weighted by Gasteiger charge is -2.08. The van der Waals surface area contributed by atoms with E-state index in [1.54, 1.807) is 0 Å². The number of alkyl halides is 3. The molecule has 0 aliphatic carbocycles. The van der Waals surface area contributed by atoms with Gasteiger partial charge in [0.05, 0.1) is 24.3 Å². The smallest absolute Gasteiger partial charge is 0.382 e. The molecule has 5 nitrogen and oxygen atoms in total. The number of anilines is 3. The highest BCUT2D eigenvalue weighted by Crippen LogP contribution is 2.28. The molecule has 94 valence electrons. The fraction of sp³-hybridized carbons (Fsp3) is 0.100. The molecule has 0 aromatic carbocycles. The van der Waals surface area contributed by atoms with Gasteiger partial charge in [-0.3, -0.25) is 4.98 Å². The van der Waals surface area contributed by atoms with E-state index >= 15 is 0 Å². The van der Waals surface area contributed by atoms with Crippen LogP contribution in [-0.2, 0) is 6.18 Å². The van der Waals surface area contributed by atoms with E-state index < -0.39 is 11.9 Å². The third-order valence-electron chi connectivity index (χ3n) is 1.98. The van der Waals surface area contributed by atoms with Crippen LogP contribution in [0.5, 0.6) is 0 Å². The van der Waals surface area contributed by atoms with Crippen LogP contribution < -0.4 is 11.1 Å². The van der Waals surface area contributed by atoms with E-state index in [0.717, 1.165) is 12.3 Å². The zero-order chi connectivity index (χ0) is 13.2. The van der Waals surface area contributed by atoms with Crippen LogP contribution in [0.1, 0.15) is 5.69 Å². The van der Waals surface area contributed by atoms with E-state index in [-0.39, 0.29) is 5.82 Å². The lowest BCUT2D eigenvalue weighted by molar-refractivity contribution is -0.141. The molecular weight excluding hydrogens is 247 g/mol. The van der Waals surface area contributed by atoms with Gasteiger partial charge in [0.25, 0.3) is 0 Å². The first-order valence-electron chi connectivity index (χ1n) is 4.83. The lowest BCUT2D eigenvalue weighted by Crippen LogP contribution is -2.07. The van der Waals surface area contributed by atoms with E-state index in [9.17, 15) is 13.2 Å². The summed E-state index contributed by atoms with van der Waals surface area (Å²) in [5.74, 6) is 0.538. The van der Waals surface area contributed by atoms with Gasteiger partial charge in [0, 0.05) is 0 Å². The summed E-state index contributed by atoms with van der Waals surface area (Å²) in [6.45, 7) is 0. The minimum absolute atomic E-state index is 0.208. The van der Waals surface area contributed by atoms with E-state index in [2.05, 4.69) is 20.3 Å². The summed E-state index contributed by atoms with van der Waals surface area (Å²) in [5, 5.41) is 2.74. The van der Waals surface area contributed by atoms with Crippen molar-refractivity contribution in [1.82, 2.24) is 15.0 Å².